The second kappa shape index (κ2) is 6.44. The summed E-state index contributed by atoms with van der Waals surface area (Å²) in [5.41, 5.74) is 0.979. The summed E-state index contributed by atoms with van der Waals surface area (Å²) in [6.07, 6.45) is -0.468. The Bertz CT molecular complexity index is 694. The van der Waals surface area contributed by atoms with E-state index in [1.807, 2.05) is 18.2 Å². The summed E-state index contributed by atoms with van der Waals surface area (Å²) in [5, 5.41) is 10.5. The molecule has 8 nitrogen and oxygen atoms in total. The highest BCUT2D eigenvalue weighted by Gasteiger charge is 2.34. The maximum atomic E-state index is 12.4. The van der Waals surface area contributed by atoms with Gasteiger partial charge in [-0.15, -0.1) is 0 Å². The van der Waals surface area contributed by atoms with Crippen molar-refractivity contribution < 1.29 is 28.9 Å². The second-order valence-electron chi connectivity index (χ2n) is 6.45. The quantitative estimate of drug-likeness (QED) is 0.858. The highest BCUT2D eigenvalue weighted by molar-refractivity contribution is 5.83. The number of rotatable bonds is 3. The number of hydrogen-bond donors (Lipinski definition) is 1. The first kappa shape index (κ1) is 16.0. The van der Waals surface area contributed by atoms with E-state index in [0.717, 1.165) is 5.56 Å². The van der Waals surface area contributed by atoms with Crippen LogP contribution in [0.1, 0.15) is 17.9 Å². The zero-order chi connectivity index (χ0) is 17.4. The Balaban J connectivity index is 1.38. The van der Waals surface area contributed by atoms with Crippen LogP contribution in [-0.2, 0) is 9.53 Å². The Hall–Kier alpha value is -2.48. The number of aliphatic hydroxyl groups excluding tert-OH is 1. The first-order chi connectivity index (χ1) is 12.1. The number of β-amino-alcohol motifs (C(OH)–C–C–N with tert-alkyl or cyclic N) is 1. The van der Waals surface area contributed by atoms with Crippen LogP contribution in [0.4, 0.5) is 4.79 Å². The molecule has 2 fully saturated rings. The average molecular weight is 348 g/mol. The minimum atomic E-state index is -0.663. The Morgan fingerprint density at radius 1 is 1.20 bits per heavy atom. The van der Waals surface area contributed by atoms with Crippen LogP contribution >= 0.6 is 0 Å². The lowest BCUT2D eigenvalue weighted by atomic mass is 9.87. The van der Waals surface area contributed by atoms with Crippen molar-refractivity contribution in [1.29, 1.82) is 0 Å². The zero-order valence-electron chi connectivity index (χ0n) is 13.7. The first-order valence-corrected chi connectivity index (χ1v) is 8.39. The third kappa shape index (κ3) is 3.09. The second-order valence-corrected chi connectivity index (χ2v) is 6.45. The molecule has 2 saturated heterocycles. The minimum Gasteiger partial charge on any atom is -0.454 e. The van der Waals surface area contributed by atoms with Crippen LogP contribution in [0.5, 0.6) is 11.5 Å². The molecular weight excluding hydrogens is 328 g/mol. The van der Waals surface area contributed by atoms with E-state index in [1.165, 1.54) is 4.90 Å². The zero-order valence-corrected chi connectivity index (χ0v) is 13.7. The van der Waals surface area contributed by atoms with Gasteiger partial charge in [-0.1, -0.05) is 6.07 Å². The number of ether oxygens (including phenoxy) is 3. The van der Waals surface area contributed by atoms with Gasteiger partial charge in [-0.05, 0) is 24.1 Å². The van der Waals surface area contributed by atoms with Crippen LogP contribution in [0.25, 0.3) is 0 Å². The minimum absolute atomic E-state index is 0.000242. The topological polar surface area (TPSA) is 88.5 Å². The predicted molar refractivity (Wildman–Crippen MR) is 85.4 cm³/mol. The molecule has 4 rings (SSSR count). The summed E-state index contributed by atoms with van der Waals surface area (Å²) in [7, 11) is 0. The molecule has 1 N–H and O–H groups in total. The molecule has 0 aliphatic carbocycles. The van der Waals surface area contributed by atoms with Gasteiger partial charge in [0.15, 0.2) is 11.5 Å². The number of likely N-dealkylation sites (tertiary alicyclic amines) is 1. The predicted octanol–water partition coefficient (Wildman–Crippen LogP) is 0.544. The van der Waals surface area contributed by atoms with Gasteiger partial charge in [0.05, 0.1) is 12.6 Å². The lowest BCUT2D eigenvalue weighted by Crippen LogP contribution is -2.49. The number of hydrogen-bond acceptors (Lipinski definition) is 6. The van der Waals surface area contributed by atoms with Crippen molar-refractivity contribution in [3.8, 4) is 11.5 Å². The molecule has 25 heavy (non-hydrogen) atoms. The number of carbonyl (C=O) groups is 2. The van der Waals surface area contributed by atoms with Crippen molar-refractivity contribution in [1.82, 2.24) is 9.80 Å². The number of nitrogens with zero attached hydrogens (tertiary/aromatic N) is 2. The Morgan fingerprint density at radius 2 is 2.04 bits per heavy atom. The molecule has 0 bridgehead atoms. The lowest BCUT2D eigenvalue weighted by Gasteiger charge is -2.36. The van der Waals surface area contributed by atoms with Crippen molar-refractivity contribution >= 4 is 12.0 Å². The maximum absolute atomic E-state index is 12.4. The molecule has 0 radical (unpaired) electrons. The van der Waals surface area contributed by atoms with Gasteiger partial charge in [0.2, 0.25) is 12.7 Å². The Morgan fingerprint density at radius 3 is 2.80 bits per heavy atom. The molecule has 0 aromatic heterocycles. The molecule has 0 spiro atoms. The van der Waals surface area contributed by atoms with Gasteiger partial charge in [0, 0.05) is 19.0 Å². The molecular formula is C17H20N2O6. The number of aliphatic hydroxyl groups is 1. The number of fused-ring (bicyclic) bond motifs is 1. The van der Waals surface area contributed by atoms with Crippen LogP contribution in [-0.4, -0.2) is 72.6 Å². The van der Waals surface area contributed by atoms with Crippen LogP contribution in [0.15, 0.2) is 18.2 Å². The molecule has 2 amide bonds. The van der Waals surface area contributed by atoms with Crippen molar-refractivity contribution in [2.24, 2.45) is 0 Å². The number of cyclic esters (lactones) is 1. The first-order valence-electron chi connectivity index (χ1n) is 8.39. The number of carbonyl (C=O) groups excluding carboxylic acids is 2. The van der Waals surface area contributed by atoms with Crippen molar-refractivity contribution in [3.05, 3.63) is 23.8 Å². The van der Waals surface area contributed by atoms with E-state index < -0.39 is 12.2 Å². The van der Waals surface area contributed by atoms with Gasteiger partial charge in [-0.25, -0.2) is 4.79 Å². The van der Waals surface area contributed by atoms with Crippen molar-refractivity contribution in [2.75, 3.05) is 39.6 Å². The fraction of sp³-hybridized carbons (Fsp3) is 0.529. The number of amides is 2. The normalized spacial score (nSPS) is 25.2. The van der Waals surface area contributed by atoms with E-state index in [2.05, 4.69) is 0 Å². The summed E-state index contributed by atoms with van der Waals surface area (Å²) in [4.78, 5) is 26.8. The lowest BCUT2D eigenvalue weighted by molar-refractivity contribution is -0.135. The third-order valence-corrected chi connectivity index (χ3v) is 4.93. The Labute approximate surface area is 144 Å². The largest absolute Gasteiger partial charge is 0.454 e. The molecule has 0 unspecified atom stereocenters. The Kier molecular flexibility index (Phi) is 4.12. The van der Waals surface area contributed by atoms with E-state index >= 15 is 0 Å². The summed E-state index contributed by atoms with van der Waals surface area (Å²) < 4.78 is 15.5. The fourth-order valence-electron chi connectivity index (χ4n) is 3.52. The molecule has 3 aliphatic heterocycles. The van der Waals surface area contributed by atoms with Crippen LogP contribution in [0.2, 0.25) is 0 Å². The standard InChI is InChI=1S/C17H20N2O6/c20-13-8-18(16(21)9-19-5-6-23-17(19)22)4-3-12(13)11-1-2-14-15(7-11)25-10-24-14/h1-2,7,12-13,20H,3-6,8-10H2/t12-,13+/m0/s1. The maximum Gasteiger partial charge on any atom is 0.410 e. The summed E-state index contributed by atoms with van der Waals surface area (Å²) in [6.45, 7) is 1.76. The van der Waals surface area contributed by atoms with Gasteiger partial charge in [-0.3, -0.25) is 9.69 Å². The van der Waals surface area contributed by atoms with Crippen LogP contribution in [0, 0.1) is 0 Å². The molecule has 2 atom stereocenters. The van der Waals surface area contributed by atoms with E-state index in [1.54, 1.807) is 4.90 Å². The van der Waals surface area contributed by atoms with E-state index in [0.29, 0.717) is 37.6 Å². The molecule has 3 aliphatic rings. The highest BCUT2D eigenvalue weighted by atomic mass is 16.7. The molecule has 0 saturated carbocycles. The highest BCUT2D eigenvalue weighted by Crippen LogP contribution is 2.37. The van der Waals surface area contributed by atoms with E-state index in [-0.39, 0.29) is 31.7 Å². The van der Waals surface area contributed by atoms with Crippen molar-refractivity contribution in [2.45, 2.75) is 18.4 Å². The summed E-state index contributed by atoms with van der Waals surface area (Å²) >= 11 is 0. The molecule has 8 heteroatoms. The fourth-order valence-corrected chi connectivity index (χ4v) is 3.52. The number of piperidine rings is 1. The number of benzene rings is 1. The van der Waals surface area contributed by atoms with E-state index in [4.69, 9.17) is 14.2 Å². The van der Waals surface area contributed by atoms with Crippen LogP contribution in [0.3, 0.4) is 0 Å². The monoisotopic (exact) mass is 348 g/mol. The van der Waals surface area contributed by atoms with Gasteiger partial charge in [-0.2, -0.15) is 0 Å². The third-order valence-electron chi connectivity index (χ3n) is 4.93. The van der Waals surface area contributed by atoms with E-state index in [9.17, 15) is 14.7 Å². The van der Waals surface area contributed by atoms with Gasteiger partial charge in [0.1, 0.15) is 13.2 Å². The molecule has 1 aromatic rings. The smallest absolute Gasteiger partial charge is 0.410 e. The average Bonchev–Trinajstić information content (AvgIpc) is 3.23. The van der Waals surface area contributed by atoms with Gasteiger partial charge < -0.3 is 24.2 Å². The van der Waals surface area contributed by atoms with Crippen LogP contribution < -0.4 is 9.47 Å². The summed E-state index contributed by atoms with van der Waals surface area (Å²) in [5.74, 6) is 1.18. The van der Waals surface area contributed by atoms with Gasteiger partial charge >= 0.3 is 6.09 Å². The molecule has 3 heterocycles. The molecule has 1 aromatic carbocycles. The van der Waals surface area contributed by atoms with Gasteiger partial charge in [0.25, 0.3) is 0 Å². The SMILES string of the molecule is O=C(CN1CCOC1=O)N1CC[C@@H](c2ccc3c(c2)OCO3)[C@H](O)C1. The molecule has 134 valence electrons. The summed E-state index contributed by atoms with van der Waals surface area (Å²) in [6, 6.07) is 5.67. The van der Waals surface area contributed by atoms with Crippen molar-refractivity contribution in [3.63, 3.8) is 0 Å².